The molecule has 0 amide bonds. The number of ether oxygens (including phenoxy) is 8. The van der Waals surface area contributed by atoms with Gasteiger partial charge in [-0.3, -0.25) is 38.4 Å². The highest BCUT2D eigenvalue weighted by Crippen LogP contribution is 2.70. The van der Waals surface area contributed by atoms with Crippen molar-refractivity contribution in [1.29, 1.82) is 0 Å². The number of Topliss-reactive ketones (excluding diaryl/α,β-unsaturated/α-hetero) is 2. The zero-order chi connectivity index (χ0) is 58.5. The van der Waals surface area contributed by atoms with Crippen LogP contribution in [0.2, 0.25) is 0 Å². The molecule has 8 rings (SSSR count). The molecule has 81 heavy (non-hydrogen) atoms. The molecule has 0 bridgehead atoms. The summed E-state index contributed by atoms with van der Waals surface area (Å²) in [4.78, 5) is 101. The number of carbonyl (C=O) groups excluding carboxylic acids is 8. The Bertz CT molecular complexity index is 2540. The minimum absolute atomic E-state index is 0.0324. The first kappa shape index (κ1) is 62.2. The van der Waals surface area contributed by atoms with Gasteiger partial charge in [0.25, 0.3) is 0 Å². The monoisotopic (exact) mass is 1140 g/mol. The van der Waals surface area contributed by atoms with E-state index in [9.17, 15) is 53.7 Å². The lowest BCUT2D eigenvalue weighted by atomic mass is 9.45. The Labute approximate surface area is 473 Å². The molecule has 0 aliphatic heterocycles. The molecular weight excluding hydrogens is 1060 g/mol. The summed E-state index contributed by atoms with van der Waals surface area (Å²) < 4.78 is 60.0. The van der Waals surface area contributed by atoms with Crippen molar-refractivity contribution < 1.29 is 96.0 Å². The van der Waals surface area contributed by atoms with Crippen LogP contribution in [-0.2, 0) is 76.3 Å². The topological polar surface area (TPSA) is 271 Å². The molecule has 0 heterocycles. The molecule has 0 spiro atoms. The summed E-state index contributed by atoms with van der Waals surface area (Å²) in [7, 11) is 0. The maximum atomic E-state index is 17.4. The van der Waals surface area contributed by atoms with E-state index in [0.29, 0.717) is 37.7 Å². The molecular formula is C61H83FO19. The molecule has 6 unspecified atom stereocenters. The molecule has 15 atom stereocenters. The Morgan fingerprint density at radius 2 is 1.12 bits per heavy atom. The third-order valence-electron chi connectivity index (χ3n) is 20.3. The Hall–Kier alpha value is -4.83. The molecule has 8 aliphatic rings. The van der Waals surface area contributed by atoms with Crippen LogP contribution in [0.1, 0.15) is 118 Å². The molecule has 20 heteroatoms. The van der Waals surface area contributed by atoms with Crippen molar-refractivity contribution in [1.82, 2.24) is 0 Å². The number of ketones is 4. The molecule has 0 aromatic carbocycles. The van der Waals surface area contributed by atoms with Crippen molar-refractivity contribution in [2.75, 3.05) is 79.3 Å². The Morgan fingerprint density at radius 3 is 1.70 bits per heavy atom. The van der Waals surface area contributed by atoms with Gasteiger partial charge in [-0.25, -0.2) is 4.39 Å². The second-order valence-electron chi connectivity index (χ2n) is 24.8. The van der Waals surface area contributed by atoms with Gasteiger partial charge in [-0.15, -0.1) is 0 Å². The van der Waals surface area contributed by atoms with Gasteiger partial charge in [-0.05, 0) is 118 Å². The van der Waals surface area contributed by atoms with Crippen molar-refractivity contribution in [2.45, 2.75) is 142 Å². The maximum absolute atomic E-state index is 17.4. The number of halogens is 1. The van der Waals surface area contributed by atoms with E-state index in [1.165, 1.54) is 12.2 Å². The van der Waals surface area contributed by atoms with Crippen LogP contribution < -0.4 is 0 Å². The largest absolute Gasteiger partial charge is 0.463 e. The minimum atomic E-state index is -2.00. The number of fused-ring (bicyclic) bond motifs is 10. The van der Waals surface area contributed by atoms with Crippen LogP contribution in [0.5, 0.6) is 0 Å². The van der Waals surface area contributed by atoms with Gasteiger partial charge >= 0.3 is 23.9 Å². The highest BCUT2D eigenvalue weighted by atomic mass is 19.1. The summed E-state index contributed by atoms with van der Waals surface area (Å²) in [5, 5.41) is 35.0. The SMILES string of the molecule is C[C@@H]1CC2C3CCC4=CC(=O)C=C[C@]4(C)[C@@]3(F)[C@@H](O)C[C@]2(C)C1C(=O)COC(=O)CCC(=O)OCCOCCOCCOCCOCCOC(=O)CCC(=O)OCC(=O)[C@@]1(O)CCC2C3CCC4=CC(=O)C=C[C@]4(C)C3[C@@H](O)C[C@@]21C. The van der Waals surface area contributed by atoms with E-state index < -0.39 is 99.8 Å². The third kappa shape index (κ3) is 12.4. The molecule has 448 valence electrons. The molecule has 8 aliphatic carbocycles. The Kier molecular flexibility index (Phi) is 19.6. The normalized spacial score (nSPS) is 37.1. The van der Waals surface area contributed by atoms with Crippen LogP contribution in [0.25, 0.3) is 0 Å². The number of hydrogen-bond acceptors (Lipinski definition) is 19. The number of aliphatic hydroxyl groups excluding tert-OH is 2. The quantitative estimate of drug-likeness (QED) is 0.0544. The smallest absolute Gasteiger partial charge is 0.306 e. The summed E-state index contributed by atoms with van der Waals surface area (Å²) >= 11 is 0. The van der Waals surface area contributed by atoms with Crippen LogP contribution in [0, 0.1) is 63.1 Å². The van der Waals surface area contributed by atoms with Gasteiger partial charge in [-0.1, -0.05) is 51.0 Å². The number of aliphatic hydroxyl groups is 3. The van der Waals surface area contributed by atoms with Crippen LogP contribution in [0.4, 0.5) is 4.39 Å². The molecule has 0 aromatic heterocycles. The summed E-state index contributed by atoms with van der Waals surface area (Å²) in [6, 6.07) is 0. The van der Waals surface area contributed by atoms with E-state index in [2.05, 4.69) is 6.92 Å². The number of allylic oxidation sites excluding steroid dienone is 8. The Balaban J connectivity index is 0.592. The van der Waals surface area contributed by atoms with Gasteiger partial charge in [0.2, 0.25) is 5.78 Å². The van der Waals surface area contributed by atoms with Crippen LogP contribution in [0.15, 0.2) is 47.6 Å². The molecule has 0 radical (unpaired) electrons. The van der Waals surface area contributed by atoms with Crippen molar-refractivity contribution in [3.63, 3.8) is 0 Å². The van der Waals surface area contributed by atoms with E-state index in [1.54, 1.807) is 25.2 Å². The first-order chi connectivity index (χ1) is 38.4. The fourth-order valence-electron chi connectivity index (χ4n) is 16.4. The van der Waals surface area contributed by atoms with E-state index in [-0.39, 0.29) is 158 Å². The molecule has 0 aromatic rings. The summed E-state index contributed by atoms with van der Waals surface area (Å²) in [6.07, 6.45) is 10.4. The van der Waals surface area contributed by atoms with Gasteiger partial charge in [0, 0.05) is 34.0 Å². The van der Waals surface area contributed by atoms with Gasteiger partial charge < -0.3 is 53.2 Å². The molecule has 19 nitrogen and oxygen atoms in total. The fraction of sp³-hybridized carbons (Fsp3) is 0.738. The standard InChI is InChI=1S/C61H83FO19/c1-37-30-45-44-9-7-39-32-41(64)15-18-58(39,4)61(44,62)48(67)34-57(45,3)54(37)47(66)35-80-52(71)12-10-50(69)78-28-26-76-24-22-74-20-21-75-23-25-77-27-29-79-51(70)11-13-53(72)81-36-49(68)60(73)19-16-43-42-8-6-38-31-40(63)14-17-56(38,2)55(42)46(65)33-59(43,60)5/h14-15,17-18,31-32,37,42-46,48,54-55,65,67,73H,6-13,16,19-30,33-36H2,1-5H3/t37-,42?,43?,44?,45?,46+,48+,54?,55?,56+,57+,58+,59+,60+,61+/m1/s1. The van der Waals surface area contributed by atoms with E-state index in [0.717, 1.165) is 12.0 Å². The minimum Gasteiger partial charge on any atom is -0.463 e. The zero-order valence-corrected chi connectivity index (χ0v) is 47.6. The van der Waals surface area contributed by atoms with Crippen molar-refractivity contribution >= 4 is 47.0 Å². The second-order valence-corrected chi connectivity index (χ2v) is 24.8. The van der Waals surface area contributed by atoms with Crippen LogP contribution >= 0.6 is 0 Å². The maximum Gasteiger partial charge on any atom is 0.306 e. The Morgan fingerprint density at radius 1 is 0.617 bits per heavy atom. The second kappa shape index (κ2) is 25.6. The zero-order valence-electron chi connectivity index (χ0n) is 47.6. The summed E-state index contributed by atoms with van der Waals surface area (Å²) in [5.74, 6) is -5.53. The fourth-order valence-corrected chi connectivity index (χ4v) is 16.4. The lowest BCUT2D eigenvalue weighted by Gasteiger charge is -2.61. The summed E-state index contributed by atoms with van der Waals surface area (Å²) in [6.45, 7) is 10.0. The third-order valence-corrected chi connectivity index (χ3v) is 20.3. The van der Waals surface area contributed by atoms with Gasteiger partial charge in [-0.2, -0.15) is 0 Å². The lowest BCUT2D eigenvalue weighted by molar-refractivity contribution is -0.196. The molecule has 6 saturated carbocycles. The number of alkyl halides is 1. The average Bonchev–Trinajstić information content (AvgIpc) is 1.99. The van der Waals surface area contributed by atoms with E-state index in [1.807, 2.05) is 26.8 Å². The summed E-state index contributed by atoms with van der Waals surface area (Å²) in [5.41, 5.74) is -5.34. The van der Waals surface area contributed by atoms with Gasteiger partial charge in [0.05, 0.1) is 90.7 Å². The molecule has 6 fully saturated rings. The van der Waals surface area contributed by atoms with E-state index >= 15 is 4.39 Å². The number of hydrogen-bond donors (Lipinski definition) is 3. The van der Waals surface area contributed by atoms with Crippen molar-refractivity contribution in [2.24, 2.45) is 63.1 Å². The highest BCUT2D eigenvalue weighted by molar-refractivity contribution is 6.02. The van der Waals surface area contributed by atoms with Gasteiger partial charge in [0.15, 0.2) is 29.6 Å². The first-order valence-electron chi connectivity index (χ1n) is 29.1. The van der Waals surface area contributed by atoms with Crippen LogP contribution in [0.3, 0.4) is 0 Å². The van der Waals surface area contributed by atoms with Crippen LogP contribution in [-0.4, -0.2) is 165 Å². The predicted octanol–water partition coefficient (Wildman–Crippen LogP) is 5.17. The van der Waals surface area contributed by atoms with Crippen molar-refractivity contribution in [3.05, 3.63) is 47.6 Å². The molecule has 3 N–H and O–H groups in total. The lowest BCUT2D eigenvalue weighted by Crippen LogP contribution is -2.66. The number of esters is 4. The predicted molar refractivity (Wildman–Crippen MR) is 285 cm³/mol. The van der Waals surface area contributed by atoms with Gasteiger partial charge in [0.1, 0.15) is 25.4 Å². The van der Waals surface area contributed by atoms with Crippen molar-refractivity contribution in [3.8, 4) is 0 Å². The molecule has 0 saturated heterocycles. The highest BCUT2D eigenvalue weighted by Gasteiger charge is 2.72. The number of carbonyl (C=O) groups is 8. The first-order valence-corrected chi connectivity index (χ1v) is 29.1. The van der Waals surface area contributed by atoms with E-state index in [4.69, 9.17) is 37.9 Å². The average molecular weight is 1140 g/mol. The number of rotatable bonds is 27.